The number of hydrogen-bond donors (Lipinski definition) is 1. The van der Waals surface area contributed by atoms with E-state index in [0.717, 1.165) is 0 Å². The van der Waals surface area contributed by atoms with Crippen LogP contribution < -0.4 is 5.32 Å². The third-order valence-corrected chi connectivity index (χ3v) is 3.31. The lowest BCUT2D eigenvalue weighted by molar-refractivity contribution is -0.115. The largest absolute Gasteiger partial charge is 0.326 e. The zero-order valence-electron chi connectivity index (χ0n) is 13.8. The summed E-state index contributed by atoms with van der Waals surface area (Å²) in [7, 11) is 0. The Kier molecular flexibility index (Phi) is 4.88. The van der Waals surface area contributed by atoms with Crippen LogP contribution in [0.2, 0.25) is 0 Å². The highest BCUT2D eigenvalue weighted by Crippen LogP contribution is 2.19. The maximum atomic E-state index is 12.4. The molecule has 1 heterocycles. The van der Waals surface area contributed by atoms with E-state index in [4.69, 9.17) is 0 Å². The third-order valence-electron chi connectivity index (χ3n) is 3.31. The quantitative estimate of drug-likeness (QED) is 0.854. The van der Waals surface area contributed by atoms with E-state index in [1.165, 1.54) is 4.68 Å². The molecule has 1 aromatic heterocycles. The van der Waals surface area contributed by atoms with Crippen molar-refractivity contribution in [1.82, 2.24) is 20.2 Å². The first-order valence-corrected chi connectivity index (χ1v) is 7.51. The molecule has 0 unspecified atom stereocenters. The van der Waals surface area contributed by atoms with Gasteiger partial charge in [-0.3, -0.25) is 9.59 Å². The van der Waals surface area contributed by atoms with Crippen LogP contribution in [0.5, 0.6) is 0 Å². The van der Waals surface area contributed by atoms with Gasteiger partial charge in [0.05, 0.1) is 0 Å². The second kappa shape index (κ2) is 6.68. The van der Waals surface area contributed by atoms with E-state index in [1.54, 1.807) is 31.2 Å². The molecule has 0 radical (unpaired) electrons. The number of rotatable bonds is 5. The van der Waals surface area contributed by atoms with Crippen LogP contribution in [0.25, 0.3) is 0 Å². The standard InChI is InChI=1S/C16H21N5O2/c1-5-14(23)17-12-8-6-11(7-9-12)13(22)10-21-15(16(2,3)4)18-19-20-21/h6-9H,5,10H2,1-4H3,(H,17,23). The molecule has 0 aliphatic carbocycles. The zero-order chi connectivity index (χ0) is 17.0. The molecule has 0 saturated heterocycles. The number of benzene rings is 1. The third kappa shape index (κ3) is 4.21. The van der Waals surface area contributed by atoms with E-state index in [2.05, 4.69) is 20.8 Å². The van der Waals surface area contributed by atoms with Crippen LogP contribution >= 0.6 is 0 Å². The summed E-state index contributed by atoms with van der Waals surface area (Å²) in [6.07, 6.45) is 0.412. The number of carbonyl (C=O) groups is 2. The number of anilines is 1. The van der Waals surface area contributed by atoms with Crippen LogP contribution in [-0.4, -0.2) is 31.9 Å². The van der Waals surface area contributed by atoms with E-state index in [-0.39, 0.29) is 23.7 Å². The molecule has 122 valence electrons. The van der Waals surface area contributed by atoms with Crippen LogP contribution in [0, 0.1) is 0 Å². The molecule has 0 aliphatic heterocycles. The van der Waals surface area contributed by atoms with Crippen molar-refractivity contribution in [2.75, 3.05) is 5.32 Å². The van der Waals surface area contributed by atoms with E-state index in [1.807, 2.05) is 20.8 Å². The topological polar surface area (TPSA) is 89.8 Å². The SMILES string of the molecule is CCC(=O)Nc1ccc(C(=O)Cn2nnnc2C(C)(C)C)cc1. The Morgan fingerprint density at radius 1 is 1.17 bits per heavy atom. The van der Waals surface area contributed by atoms with Gasteiger partial charge in [0.15, 0.2) is 11.6 Å². The fraction of sp³-hybridized carbons (Fsp3) is 0.438. The molecule has 1 aromatic carbocycles. The van der Waals surface area contributed by atoms with Crippen molar-refractivity contribution in [2.24, 2.45) is 0 Å². The zero-order valence-corrected chi connectivity index (χ0v) is 13.8. The average molecular weight is 315 g/mol. The van der Waals surface area contributed by atoms with Gasteiger partial charge in [-0.15, -0.1) is 5.10 Å². The van der Waals surface area contributed by atoms with Crippen LogP contribution in [0.15, 0.2) is 24.3 Å². The molecule has 2 rings (SSSR count). The molecule has 0 aliphatic rings. The highest BCUT2D eigenvalue weighted by atomic mass is 16.1. The Labute approximate surface area is 135 Å². The first kappa shape index (κ1) is 16.8. The molecule has 0 bridgehead atoms. The highest BCUT2D eigenvalue weighted by molar-refractivity contribution is 5.97. The van der Waals surface area contributed by atoms with Crippen LogP contribution in [0.3, 0.4) is 0 Å². The van der Waals surface area contributed by atoms with Gasteiger partial charge in [0.25, 0.3) is 0 Å². The first-order valence-electron chi connectivity index (χ1n) is 7.51. The number of hydrogen-bond acceptors (Lipinski definition) is 5. The Morgan fingerprint density at radius 3 is 2.39 bits per heavy atom. The van der Waals surface area contributed by atoms with Gasteiger partial charge in [0.1, 0.15) is 6.54 Å². The summed E-state index contributed by atoms with van der Waals surface area (Å²) in [6, 6.07) is 6.81. The van der Waals surface area contributed by atoms with Gasteiger partial charge in [-0.05, 0) is 34.7 Å². The first-order chi connectivity index (χ1) is 10.8. The molecule has 0 fully saturated rings. The van der Waals surface area contributed by atoms with Gasteiger partial charge in [-0.1, -0.05) is 27.7 Å². The number of amides is 1. The van der Waals surface area contributed by atoms with Gasteiger partial charge < -0.3 is 5.32 Å². The maximum Gasteiger partial charge on any atom is 0.224 e. The predicted octanol–water partition coefficient (Wildman–Crippen LogP) is 2.20. The number of Topliss-reactive ketones (excluding diaryl/α,β-unsaturated/α-hetero) is 1. The summed E-state index contributed by atoms with van der Waals surface area (Å²) in [5.41, 5.74) is 0.985. The summed E-state index contributed by atoms with van der Waals surface area (Å²) in [5.74, 6) is 0.515. The monoisotopic (exact) mass is 315 g/mol. The van der Waals surface area contributed by atoms with Gasteiger partial charge >= 0.3 is 0 Å². The normalized spacial score (nSPS) is 11.3. The fourth-order valence-electron chi connectivity index (χ4n) is 2.06. The number of aromatic nitrogens is 4. The minimum atomic E-state index is -0.238. The van der Waals surface area contributed by atoms with Crippen LogP contribution in [0.4, 0.5) is 5.69 Å². The number of ketones is 1. The maximum absolute atomic E-state index is 12.4. The summed E-state index contributed by atoms with van der Waals surface area (Å²) in [5, 5.41) is 14.3. The Morgan fingerprint density at radius 2 is 1.83 bits per heavy atom. The molecule has 23 heavy (non-hydrogen) atoms. The lowest BCUT2D eigenvalue weighted by atomic mass is 9.96. The molecular weight excluding hydrogens is 294 g/mol. The number of tetrazole rings is 1. The minimum Gasteiger partial charge on any atom is -0.326 e. The van der Waals surface area contributed by atoms with Gasteiger partial charge in [-0.25, -0.2) is 4.68 Å². The molecule has 0 saturated carbocycles. The van der Waals surface area contributed by atoms with Crippen molar-refractivity contribution in [2.45, 2.75) is 46.1 Å². The van der Waals surface area contributed by atoms with Crippen molar-refractivity contribution < 1.29 is 9.59 Å². The van der Waals surface area contributed by atoms with E-state index in [0.29, 0.717) is 23.5 Å². The van der Waals surface area contributed by atoms with Crippen molar-refractivity contribution in [1.29, 1.82) is 0 Å². The Hall–Kier alpha value is -2.57. The minimum absolute atomic E-state index is 0.0624. The average Bonchev–Trinajstić information content (AvgIpc) is 2.96. The van der Waals surface area contributed by atoms with Crippen molar-refractivity contribution in [3.05, 3.63) is 35.7 Å². The Bertz CT molecular complexity index is 698. The predicted molar refractivity (Wildman–Crippen MR) is 86.2 cm³/mol. The molecule has 2 aromatic rings. The summed E-state index contributed by atoms with van der Waals surface area (Å²) in [4.78, 5) is 23.7. The molecule has 1 amide bonds. The number of nitrogens with one attached hydrogen (secondary N) is 1. The number of nitrogens with zero attached hydrogens (tertiary/aromatic N) is 4. The van der Waals surface area contributed by atoms with Gasteiger partial charge in [-0.2, -0.15) is 0 Å². The fourth-order valence-corrected chi connectivity index (χ4v) is 2.06. The van der Waals surface area contributed by atoms with E-state index >= 15 is 0 Å². The second-order valence-corrected chi connectivity index (χ2v) is 6.31. The van der Waals surface area contributed by atoms with Crippen LogP contribution in [-0.2, 0) is 16.8 Å². The molecule has 0 atom stereocenters. The van der Waals surface area contributed by atoms with Gasteiger partial charge in [0, 0.05) is 23.1 Å². The molecule has 7 heteroatoms. The molecule has 1 N–H and O–H groups in total. The highest BCUT2D eigenvalue weighted by Gasteiger charge is 2.23. The van der Waals surface area contributed by atoms with E-state index in [9.17, 15) is 9.59 Å². The van der Waals surface area contributed by atoms with Crippen molar-refractivity contribution >= 4 is 17.4 Å². The summed E-state index contributed by atoms with van der Waals surface area (Å²) in [6.45, 7) is 7.84. The van der Waals surface area contributed by atoms with Crippen molar-refractivity contribution in [3.63, 3.8) is 0 Å². The van der Waals surface area contributed by atoms with Gasteiger partial charge in [0.2, 0.25) is 5.91 Å². The van der Waals surface area contributed by atoms with Crippen molar-refractivity contribution in [3.8, 4) is 0 Å². The lowest BCUT2D eigenvalue weighted by Crippen LogP contribution is -2.22. The molecular formula is C16H21N5O2. The Balaban J connectivity index is 2.10. The van der Waals surface area contributed by atoms with E-state index < -0.39 is 0 Å². The molecule has 0 spiro atoms. The van der Waals surface area contributed by atoms with Crippen LogP contribution in [0.1, 0.15) is 50.3 Å². The summed E-state index contributed by atoms with van der Waals surface area (Å²) < 4.78 is 1.52. The second-order valence-electron chi connectivity index (χ2n) is 6.31. The summed E-state index contributed by atoms with van der Waals surface area (Å²) >= 11 is 0. The smallest absolute Gasteiger partial charge is 0.224 e. The lowest BCUT2D eigenvalue weighted by Gasteiger charge is -2.16. The number of carbonyl (C=O) groups excluding carboxylic acids is 2. The molecule has 7 nitrogen and oxygen atoms in total.